The lowest BCUT2D eigenvalue weighted by molar-refractivity contribution is -0.132. The van der Waals surface area contributed by atoms with Crippen molar-refractivity contribution in [2.24, 2.45) is 0 Å². The minimum absolute atomic E-state index is 0.0151. The number of phenols is 1. The molecule has 2 N–H and O–H groups in total. The summed E-state index contributed by atoms with van der Waals surface area (Å²) < 4.78 is 20.5. The molecule has 0 radical (unpaired) electrons. The van der Waals surface area contributed by atoms with Gasteiger partial charge in [0.2, 0.25) is 0 Å². The highest BCUT2D eigenvalue weighted by atomic mass is 19.1. The first-order valence-electron chi connectivity index (χ1n) is 10.4. The molecule has 0 saturated carbocycles. The predicted octanol–water partition coefficient (Wildman–Crippen LogP) is 4.94. The minimum Gasteiger partial charge on any atom is -0.507 e. The molecule has 4 rings (SSSR count). The molecule has 7 heteroatoms. The summed E-state index contributed by atoms with van der Waals surface area (Å²) in [7, 11) is 0. The molecule has 0 aliphatic carbocycles. The van der Waals surface area contributed by atoms with E-state index in [0.717, 1.165) is 4.90 Å². The number of ketones is 1. The van der Waals surface area contributed by atoms with E-state index < -0.39 is 29.3 Å². The van der Waals surface area contributed by atoms with Crippen LogP contribution in [0.4, 0.5) is 10.1 Å². The van der Waals surface area contributed by atoms with Crippen LogP contribution in [0.3, 0.4) is 0 Å². The lowest BCUT2D eigenvalue weighted by Crippen LogP contribution is -2.29. The maximum absolute atomic E-state index is 14.9. The number of ether oxygens (including phenoxy) is 1. The number of carbonyl (C=O) groups is 2. The lowest BCUT2D eigenvalue weighted by Gasteiger charge is -2.26. The van der Waals surface area contributed by atoms with Crippen molar-refractivity contribution < 1.29 is 28.9 Å². The molecule has 1 aliphatic heterocycles. The fraction of sp³-hybridized carbons (Fsp3) is 0.154. The number of Topliss-reactive ketones (excluding diaryl/α,β-unsaturated/α-hetero) is 1. The number of halogens is 1. The number of para-hydroxylation sites is 2. The van der Waals surface area contributed by atoms with Crippen molar-refractivity contribution in [2.75, 3.05) is 4.90 Å². The average molecular weight is 447 g/mol. The zero-order valence-electron chi connectivity index (χ0n) is 18.0. The van der Waals surface area contributed by atoms with Crippen LogP contribution < -0.4 is 9.64 Å². The highest BCUT2D eigenvalue weighted by Crippen LogP contribution is 2.45. The Morgan fingerprint density at radius 1 is 0.970 bits per heavy atom. The first-order chi connectivity index (χ1) is 15.8. The maximum atomic E-state index is 14.9. The Labute approximate surface area is 190 Å². The van der Waals surface area contributed by atoms with Gasteiger partial charge in [0.1, 0.15) is 23.1 Å². The van der Waals surface area contributed by atoms with Gasteiger partial charge in [0.05, 0.1) is 23.4 Å². The van der Waals surface area contributed by atoms with Gasteiger partial charge in [-0.25, -0.2) is 4.39 Å². The molecular weight excluding hydrogens is 425 g/mol. The highest BCUT2D eigenvalue weighted by Gasteiger charge is 2.48. The zero-order valence-corrected chi connectivity index (χ0v) is 18.0. The van der Waals surface area contributed by atoms with Gasteiger partial charge in [0.25, 0.3) is 11.7 Å². The lowest BCUT2D eigenvalue weighted by atomic mass is 9.94. The first kappa shape index (κ1) is 22.1. The number of aliphatic hydroxyl groups excluding tert-OH is 1. The van der Waals surface area contributed by atoms with Crippen LogP contribution in [0.15, 0.2) is 78.4 Å². The Morgan fingerprint density at radius 2 is 1.61 bits per heavy atom. The number of benzene rings is 3. The molecule has 0 aromatic heterocycles. The van der Waals surface area contributed by atoms with Crippen molar-refractivity contribution >= 4 is 23.1 Å². The molecule has 0 spiro atoms. The van der Waals surface area contributed by atoms with E-state index >= 15 is 0 Å². The summed E-state index contributed by atoms with van der Waals surface area (Å²) in [6, 6.07) is 16.8. The number of amides is 1. The summed E-state index contributed by atoms with van der Waals surface area (Å²) in [4.78, 5) is 27.1. The quantitative estimate of drug-likeness (QED) is 0.329. The van der Waals surface area contributed by atoms with E-state index in [2.05, 4.69) is 0 Å². The molecule has 3 aromatic carbocycles. The van der Waals surface area contributed by atoms with Gasteiger partial charge in [-0.3, -0.25) is 14.5 Å². The van der Waals surface area contributed by atoms with Crippen LogP contribution in [0.5, 0.6) is 11.5 Å². The fourth-order valence-electron chi connectivity index (χ4n) is 3.86. The van der Waals surface area contributed by atoms with Crippen LogP contribution in [0.2, 0.25) is 0 Å². The standard InChI is InChI=1S/C26H22FNO5/c1-15(2)33-17-13-11-16(12-14-17)24(30)22-23(18-7-3-4-8-19(18)27)28(26(32)25(22)31)20-9-5-6-10-21(20)29/h3-15,23,29-30H,1-2H3/b24-22+. The minimum atomic E-state index is -1.27. The van der Waals surface area contributed by atoms with E-state index in [4.69, 9.17) is 4.74 Å². The van der Waals surface area contributed by atoms with E-state index in [1.807, 2.05) is 13.8 Å². The summed E-state index contributed by atoms with van der Waals surface area (Å²) in [5, 5.41) is 21.5. The normalized spacial score (nSPS) is 17.6. The monoisotopic (exact) mass is 447 g/mol. The van der Waals surface area contributed by atoms with E-state index in [0.29, 0.717) is 5.75 Å². The van der Waals surface area contributed by atoms with Gasteiger partial charge in [-0.2, -0.15) is 0 Å². The molecular formula is C26H22FNO5. The zero-order chi connectivity index (χ0) is 23.7. The SMILES string of the molecule is CC(C)Oc1ccc(/C(O)=C2\C(=O)C(=O)N(c3ccccc3O)C2c2ccccc2F)cc1. The second-order valence-electron chi connectivity index (χ2n) is 7.87. The molecule has 1 heterocycles. The van der Waals surface area contributed by atoms with Gasteiger partial charge in [0.15, 0.2) is 0 Å². The molecule has 6 nitrogen and oxygen atoms in total. The van der Waals surface area contributed by atoms with E-state index in [1.54, 1.807) is 42.5 Å². The van der Waals surface area contributed by atoms with Crippen molar-refractivity contribution in [1.29, 1.82) is 0 Å². The molecule has 3 aromatic rings. The molecule has 1 amide bonds. The van der Waals surface area contributed by atoms with Crippen LogP contribution in [-0.2, 0) is 9.59 Å². The summed E-state index contributed by atoms with van der Waals surface area (Å²) in [5.41, 5.74) is 0.0439. The predicted molar refractivity (Wildman–Crippen MR) is 121 cm³/mol. The third-order valence-electron chi connectivity index (χ3n) is 5.29. The Kier molecular flexibility index (Phi) is 5.87. The van der Waals surface area contributed by atoms with Gasteiger partial charge in [0, 0.05) is 11.1 Å². The number of carbonyl (C=O) groups excluding carboxylic acids is 2. The number of hydrogen-bond donors (Lipinski definition) is 2. The summed E-state index contributed by atoms with van der Waals surface area (Å²) in [5.74, 6) is -2.75. The number of phenolic OH excluding ortho intramolecular Hbond substituents is 1. The second-order valence-corrected chi connectivity index (χ2v) is 7.87. The number of anilines is 1. The third kappa shape index (κ3) is 4.05. The largest absolute Gasteiger partial charge is 0.507 e. The van der Waals surface area contributed by atoms with Gasteiger partial charge < -0.3 is 14.9 Å². The molecule has 1 unspecified atom stereocenters. The van der Waals surface area contributed by atoms with E-state index in [-0.39, 0.29) is 34.2 Å². The Morgan fingerprint density at radius 3 is 2.24 bits per heavy atom. The fourth-order valence-corrected chi connectivity index (χ4v) is 3.86. The van der Waals surface area contributed by atoms with Gasteiger partial charge in [-0.15, -0.1) is 0 Å². The smallest absolute Gasteiger partial charge is 0.300 e. The summed E-state index contributed by atoms with van der Waals surface area (Å²) in [6.07, 6.45) is -0.0469. The van der Waals surface area contributed by atoms with E-state index in [9.17, 15) is 24.2 Å². The second kappa shape index (κ2) is 8.78. The van der Waals surface area contributed by atoms with E-state index in [1.165, 1.54) is 30.3 Å². The number of hydrogen-bond acceptors (Lipinski definition) is 5. The molecule has 0 bridgehead atoms. The highest BCUT2D eigenvalue weighted by molar-refractivity contribution is 6.51. The average Bonchev–Trinajstić information content (AvgIpc) is 3.04. The molecule has 33 heavy (non-hydrogen) atoms. The third-order valence-corrected chi connectivity index (χ3v) is 5.29. The van der Waals surface area contributed by atoms with Gasteiger partial charge >= 0.3 is 0 Å². The van der Waals surface area contributed by atoms with Crippen molar-refractivity contribution in [1.82, 2.24) is 0 Å². The number of aliphatic hydroxyl groups is 1. The van der Waals surface area contributed by atoms with Crippen LogP contribution in [0, 0.1) is 5.82 Å². The maximum Gasteiger partial charge on any atom is 0.300 e. The molecule has 168 valence electrons. The van der Waals surface area contributed by atoms with Crippen molar-refractivity contribution in [3.05, 3.63) is 95.3 Å². The first-order valence-corrected chi connectivity index (χ1v) is 10.4. The van der Waals surface area contributed by atoms with Gasteiger partial charge in [-0.1, -0.05) is 30.3 Å². The summed E-state index contributed by atoms with van der Waals surface area (Å²) in [6.45, 7) is 3.76. The number of nitrogens with zero attached hydrogens (tertiary/aromatic N) is 1. The summed E-state index contributed by atoms with van der Waals surface area (Å²) >= 11 is 0. The van der Waals surface area contributed by atoms with Crippen LogP contribution in [0.25, 0.3) is 5.76 Å². The van der Waals surface area contributed by atoms with Crippen LogP contribution >= 0.6 is 0 Å². The van der Waals surface area contributed by atoms with Crippen molar-refractivity contribution in [2.45, 2.75) is 26.0 Å². The number of aromatic hydroxyl groups is 1. The van der Waals surface area contributed by atoms with Crippen LogP contribution in [-0.4, -0.2) is 28.0 Å². The molecule has 1 atom stereocenters. The van der Waals surface area contributed by atoms with Crippen molar-refractivity contribution in [3.63, 3.8) is 0 Å². The molecule has 1 fully saturated rings. The Bertz CT molecular complexity index is 1250. The van der Waals surface area contributed by atoms with Gasteiger partial charge in [-0.05, 0) is 56.3 Å². The molecule has 1 saturated heterocycles. The van der Waals surface area contributed by atoms with Crippen LogP contribution in [0.1, 0.15) is 31.0 Å². The Hall–Kier alpha value is -4.13. The Balaban J connectivity index is 1.90. The van der Waals surface area contributed by atoms with Crippen molar-refractivity contribution in [3.8, 4) is 11.5 Å². The number of rotatable bonds is 5. The molecule has 1 aliphatic rings. The topological polar surface area (TPSA) is 87.1 Å².